The maximum Gasteiger partial charge on any atom is 0.259 e. The number of anilines is 2. The van der Waals surface area contributed by atoms with Gasteiger partial charge in [-0.3, -0.25) is 9.59 Å². The van der Waals surface area contributed by atoms with Crippen molar-refractivity contribution in [3.8, 4) is 0 Å². The number of fused-ring (bicyclic) bond motifs is 2. The molecule has 2 heterocycles. The Hall–Kier alpha value is -4.21. The van der Waals surface area contributed by atoms with Gasteiger partial charge in [0, 0.05) is 48.0 Å². The molecule has 0 aromatic heterocycles. The molecule has 10 heteroatoms. The lowest BCUT2D eigenvalue weighted by atomic mass is 10.1. The number of rotatable bonds is 4. The van der Waals surface area contributed by atoms with Gasteiger partial charge in [0.1, 0.15) is 5.82 Å². The van der Waals surface area contributed by atoms with Crippen LogP contribution in [0.5, 0.6) is 0 Å². The molecule has 0 N–H and O–H groups in total. The number of amides is 2. The molecule has 41 heavy (non-hydrogen) atoms. The lowest BCUT2D eigenvalue weighted by Gasteiger charge is -2.36. The number of nitrogens with zero attached hydrogens (tertiary/aromatic N) is 3. The Kier molecular flexibility index (Phi) is 7.01. The van der Waals surface area contributed by atoms with Gasteiger partial charge in [0.25, 0.3) is 11.8 Å². The van der Waals surface area contributed by atoms with E-state index in [4.69, 9.17) is 11.6 Å². The van der Waals surface area contributed by atoms with Gasteiger partial charge in [-0.25, -0.2) is 12.8 Å². The van der Waals surface area contributed by atoms with E-state index in [1.54, 1.807) is 35.2 Å². The molecule has 7 nitrogen and oxygen atoms in total. The van der Waals surface area contributed by atoms with Gasteiger partial charge in [-0.15, -0.1) is 0 Å². The highest BCUT2D eigenvalue weighted by Gasteiger charge is 2.36. The zero-order chi connectivity index (χ0) is 28.7. The summed E-state index contributed by atoms with van der Waals surface area (Å²) in [6.07, 6.45) is 0. The molecule has 6 rings (SSSR count). The lowest BCUT2D eigenvalue weighted by Crippen LogP contribution is -2.48. The van der Waals surface area contributed by atoms with Crippen LogP contribution in [0.2, 0.25) is 5.02 Å². The Labute approximate surface area is 242 Å². The largest absolute Gasteiger partial charge is 0.368 e. The first-order chi connectivity index (χ1) is 19.7. The molecule has 0 radical (unpaired) electrons. The van der Waals surface area contributed by atoms with Gasteiger partial charge in [0.2, 0.25) is 9.84 Å². The van der Waals surface area contributed by atoms with Crippen molar-refractivity contribution in [1.29, 1.82) is 0 Å². The van der Waals surface area contributed by atoms with Crippen molar-refractivity contribution < 1.29 is 22.4 Å². The van der Waals surface area contributed by atoms with Crippen LogP contribution in [-0.2, 0) is 16.4 Å². The van der Waals surface area contributed by atoms with E-state index in [9.17, 15) is 22.4 Å². The fourth-order valence-electron chi connectivity index (χ4n) is 5.32. The van der Waals surface area contributed by atoms with E-state index in [1.807, 2.05) is 24.3 Å². The summed E-state index contributed by atoms with van der Waals surface area (Å²) in [5.74, 6) is -1.39. The van der Waals surface area contributed by atoms with Gasteiger partial charge in [-0.1, -0.05) is 48.0 Å². The summed E-state index contributed by atoms with van der Waals surface area (Å²) < 4.78 is 42.2. The molecule has 2 aliphatic rings. The summed E-state index contributed by atoms with van der Waals surface area (Å²) in [5.41, 5.74) is 1.47. The number of benzene rings is 4. The molecule has 0 saturated carbocycles. The third kappa shape index (κ3) is 4.96. The minimum atomic E-state index is -4.11. The summed E-state index contributed by atoms with van der Waals surface area (Å²) >= 11 is 6.14. The normalized spacial score (nSPS) is 16.1. The van der Waals surface area contributed by atoms with Gasteiger partial charge in [-0.2, -0.15) is 0 Å². The topological polar surface area (TPSA) is 78.0 Å². The van der Waals surface area contributed by atoms with Crippen molar-refractivity contribution in [1.82, 2.24) is 4.90 Å². The number of hydrogen-bond acceptors (Lipinski definition) is 5. The van der Waals surface area contributed by atoms with Crippen LogP contribution in [0.4, 0.5) is 15.8 Å². The second kappa shape index (κ2) is 10.6. The number of piperazine rings is 1. The monoisotopic (exact) mass is 589 g/mol. The molecule has 4 aromatic carbocycles. The van der Waals surface area contributed by atoms with Crippen molar-refractivity contribution in [2.75, 3.05) is 36.0 Å². The standard InChI is InChI=1S/C31H25ClFN3O4S/c32-23-7-5-8-24(19-23)34-14-16-35(17-15-34)30(37)21-12-13-29-27(18-21)36(20-22-6-1-3-10-26(22)33)31(38)25-9-2-4-11-28(25)41(29,39)40/h1-13,18-19H,14-17,20H2. The molecule has 4 aromatic rings. The summed E-state index contributed by atoms with van der Waals surface area (Å²) in [6.45, 7) is 1.88. The van der Waals surface area contributed by atoms with Crippen molar-refractivity contribution in [3.63, 3.8) is 0 Å². The van der Waals surface area contributed by atoms with Gasteiger partial charge >= 0.3 is 0 Å². The average molecular weight is 590 g/mol. The second-order valence-corrected chi connectivity index (χ2v) is 12.2. The smallest absolute Gasteiger partial charge is 0.259 e. The van der Waals surface area contributed by atoms with Crippen LogP contribution in [0.3, 0.4) is 0 Å². The van der Waals surface area contributed by atoms with E-state index in [-0.39, 0.29) is 44.6 Å². The summed E-state index contributed by atoms with van der Waals surface area (Å²) in [5, 5.41) is 0.637. The number of carbonyl (C=O) groups is 2. The fourth-order valence-corrected chi connectivity index (χ4v) is 7.13. The van der Waals surface area contributed by atoms with Crippen molar-refractivity contribution in [2.45, 2.75) is 16.3 Å². The predicted octanol–water partition coefficient (Wildman–Crippen LogP) is 5.43. The van der Waals surface area contributed by atoms with Crippen LogP contribution < -0.4 is 9.80 Å². The highest BCUT2D eigenvalue weighted by Crippen LogP contribution is 2.38. The number of sulfone groups is 1. The SMILES string of the molecule is O=C(c1ccc2c(c1)N(Cc1ccccc1F)C(=O)c1ccccc1S2(=O)=O)N1CCN(c2cccc(Cl)c2)CC1. The Morgan fingerprint density at radius 2 is 1.56 bits per heavy atom. The summed E-state index contributed by atoms with van der Waals surface area (Å²) in [6, 6.07) is 23.8. The zero-order valence-corrected chi connectivity index (χ0v) is 23.4. The number of hydrogen-bond donors (Lipinski definition) is 0. The van der Waals surface area contributed by atoms with Gasteiger partial charge < -0.3 is 14.7 Å². The third-order valence-electron chi connectivity index (χ3n) is 7.46. The second-order valence-electron chi connectivity index (χ2n) is 9.92. The van der Waals surface area contributed by atoms with Crippen LogP contribution >= 0.6 is 11.6 Å². The molecule has 2 amide bonds. The van der Waals surface area contributed by atoms with E-state index in [1.165, 1.54) is 41.3 Å². The molecule has 0 atom stereocenters. The first kappa shape index (κ1) is 27.0. The first-order valence-corrected chi connectivity index (χ1v) is 14.9. The molecule has 2 aliphatic heterocycles. The predicted molar refractivity (Wildman–Crippen MR) is 155 cm³/mol. The minimum Gasteiger partial charge on any atom is -0.368 e. The van der Waals surface area contributed by atoms with Crippen LogP contribution in [-0.4, -0.2) is 51.3 Å². The van der Waals surface area contributed by atoms with Gasteiger partial charge in [0.15, 0.2) is 0 Å². The number of halogens is 2. The van der Waals surface area contributed by atoms with Gasteiger partial charge in [-0.05, 0) is 54.6 Å². The molecule has 0 bridgehead atoms. The molecule has 0 spiro atoms. The quantitative estimate of drug-likeness (QED) is 0.317. The van der Waals surface area contributed by atoms with E-state index in [2.05, 4.69) is 4.90 Å². The highest BCUT2D eigenvalue weighted by molar-refractivity contribution is 7.91. The zero-order valence-electron chi connectivity index (χ0n) is 21.8. The summed E-state index contributed by atoms with van der Waals surface area (Å²) in [7, 11) is -4.11. The highest BCUT2D eigenvalue weighted by atomic mass is 35.5. The molecule has 208 valence electrons. The Morgan fingerprint density at radius 3 is 2.32 bits per heavy atom. The summed E-state index contributed by atoms with van der Waals surface area (Å²) in [4.78, 5) is 32.3. The number of carbonyl (C=O) groups excluding carboxylic acids is 2. The molecule has 1 saturated heterocycles. The molecular formula is C31H25ClFN3O4S. The lowest BCUT2D eigenvalue weighted by molar-refractivity contribution is 0.0746. The Balaban J connectivity index is 1.36. The maximum absolute atomic E-state index is 14.7. The molecule has 0 aliphatic carbocycles. The van der Waals surface area contributed by atoms with E-state index in [0.29, 0.717) is 31.2 Å². The Bertz CT molecular complexity index is 1790. The minimum absolute atomic E-state index is 0.00921. The third-order valence-corrected chi connectivity index (χ3v) is 9.56. The van der Waals surface area contributed by atoms with Crippen LogP contribution in [0.25, 0.3) is 0 Å². The van der Waals surface area contributed by atoms with E-state index in [0.717, 1.165) is 5.69 Å². The van der Waals surface area contributed by atoms with Crippen molar-refractivity contribution >= 4 is 44.6 Å². The van der Waals surface area contributed by atoms with E-state index < -0.39 is 21.6 Å². The Morgan fingerprint density at radius 1 is 0.829 bits per heavy atom. The van der Waals surface area contributed by atoms with Crippen LogP contribution in [0.15, 0.2) is 101 Å². The average Bonchev–Trinajstić information content (AvgIpc) is 3.05. The molecule has 0 unspecified atom stereocenters. The van der Waals surface area contributed by atoms with Gasteiger partial charge in [0.05, 0.1) is 27.6 Å². The van der Waals surface area contributed by atoms with Crippen LogP contribution in [0.1, 0.15) is 26.3 Å². The molecular weight excluding hydrogens is 565 g/mol. The maximum atomic E-state index is 14.7. The van der Waals surface area contributed by atoms with Crippen molar-refractivity contribution in [2.24, 2.45) is 0 Å². The fraction of sp³-hybridized carbons (Fsp3) is 0.161. The first-order valence-electron chi connectivity index (χ1n) is 13.1. The molecule has 1 fully saturated rings. The van der Waals surface area contributed by atoms with Crippen LogP contribution in [0, 0.1) is 5.82 Å². The van der Waals surface area contributed by atoms with Crippen molar-refractivity contribution in [3.05, 3.63) is 119 Å². The van der Waals surface area contributed by atoms with E-state index >= 15 is 0 Å².